The maximum Gasteiger partial charge on any atom is 0.423 e. The summed E-state index contributed by atoms with van der Waals surface area (Å²) in [7, 11) is 0. The van der Waals surface area contributed by atoms with E-state index in [1.165, 1.54) is 13.0 Å². The molecule has 1 heterocycles. The van der Waals surface area contributed by atoms with Crippen LogP contribution in [0.25, 0.3) is 0 Å². The van der Waals surface area contributed by atoms with Gasteiger partial charge in [0.25, 0.3) is 5.56 Å². The van der Waals surface area contributed by atoms with Crippen molar-refractivity contribution >= 4 is 12.0 Å². The molecule has 8 heteroatoms. The van der Waals surface area contributed by atoms with Crippen molar-refractivity contribution in [3.05, 3.63) is 34.3 Å². The molecule has 0 aromatic carbocycles. The zero-order chi connectivity index (χ0) is 13.8. The van der Waals surface area contributed by atoms with Crippen molar-refractivity contribution in [3.63, 3.8) is 0 Å². The molecular formula is C10H10F3N3O2. The molecule has 0 bridgehead atoms. The second-order valence-corrected chi connectivity index (χ2v) is 3.44. The minimum Gasteiger partial charge on any atom is -0.377 e. The average Bonchev–Trinajstić information content (AvgIpc) is 2.24. The zero-order valence-electron chi connectivity index (χ0n) is 9.28. The Hall–Kier alpha value is -2.12. The smallest absolute Gasteiger partial charge is 0.377 e. The first kappa shape index (κ1) is 13.9. The lowest BCUT2D eigenvalue weighted by molar-refractivity contribution is -0.138. The number of aldehydes is 1. The van der Waals surface area contributed by atoms with Gasteiger partial charge < -0.3 is 5.32 Å². The number of H-pyrrole nitrogens is 1. The number of alkyl halides is 3. The normalized spacial score (nSPS) is 13.6. The van der Waals surface area contributed by atoms with E-state index in [9.17, 15) is 22.8 Å². The van der Waals surface area contributed by atoms with E-state index < -0.39 is 29.0 Å². The van der Waals surface area contributed by atoms with Gasteiger partial charge in [0, 0.05) is 6.04 Å². The third-order valence-corrected chi connectivity index (χ3v) is 2.00. The quantitative estimate of drug-likeness (QED) is 0.633. The number of carbonyl (C=O) groups excluding carboxylic acids is 1. The summed E-state index contributed by atoms with van der Waals surface area (Å²) in [5, 5.41) is 7.47. The van der Waals surface area contributed by atoms with Gasteiger partial charge in [0.15, 0.2) is 0 Å². The van der Waals surface area contributed by atoms with Gasteiger partial charge >= 0.3 is 6.18 Å². The number of allylic oxidation sites excluding steroid dienone is 1. The van der Waals surface area contributed by atoms with Gasteiger partial charge in [-0.3, -0.25) is 9.59 Å². The molecule has 0 aliphatic rings. The Kier molecular flexibility index (Phi) is 4.24. The van der Waals surface area contributed by atoms with Gasteiger partial charge in [-0.25, -0.2) is 5.10 Å². The summed E-state index contributed by atoms with van der Waals surface area (Å²) in [6.07, 6.45) is -0.915. The highest BCUT2D eigenvalue weighted by Gasteiger charge is 2.37. The van der Waals surface area contributed by atoms with Crippen molar-refractivity contribution in [2.75, 3.05) is 5.32 Å². The molecule has 18 heavy (non-hydrogen) atoms. The largest absolute Gasteiger partial charge is 0.423 e. The number of anilines is 1. The summed E-state index contributed by atoms with van der Waals surface area (Å²) >= 11 is 0. The fraction of sp³-hybridized carbons (Fsp3) is 0.300. The first-order valence-corrected chi connectivity index (χ1v) is 4.89. The second kappa shape index (κ2) is 5.48. The Morgan fingerprint density at radius 1 is 1.50 bits per heavy atom. The number of hydrogen-bond acceptors (Lipinski definition) is 4. The number of rotatable bonds is 4. The van der Waals surface area contributed by atoms with E-state index in [0.717, 1.165) is 12.3 Å². The van der Waals surface area contributed by atoms with E-state index in [1.807, 2.05) is 0 Å². The summed E-state index contributed by atoms with van der Waals surface area (Å²) in [5.74, 6) is 0. The van der Waals surface area contributed by atoms with Crippen molar-refractivity contribution < 1.29 is 18.0 Å². The molecular weight excluding hydrogens is 251 g/mol. The Morgan fingerprint density at radius 2 is 2.17 bits per heavy atom. The zero-order valence-corrected chi connectivity index (χ0v) is 9.28. The SMILES string of the molecule is C[C@@H](/C=C/C=O)Nc1cn[nH]c(=O)c1C(F)(F)F. The van der Waals surface area contributed by atoms with Crippen LogP contribution in [0.15, 0.2) is 23.1 Å². The minimum atomic E-state index is -4.78. The first-order valence-electron chi connectivity index (χ1n) is 4.89. The van der Waals surface area contributed by atoms with Crippen LogP contribution in [0.4, 0.5) is 18.9 Å². The highest BCUT2D eigenvalue weighted by atomic mass is 19.4. The molecule has 0 amide bonds. The fourth-order valence-corrected chi connectivity index (χ4v) is 1.29. The monoisotopic (exact) mass is 261 g/mol. The molecule has 0 saturated heterocycles. The van der Waals surface area contributed by atoms with E-state index in [-0.39, 0.29) is 0 Å². The molecule has 5 nitrogen and oxygen atoms in total. The third kappa shape index (κ3) is 3.44. The Labute approximate surface area is 99.7 Å². The predicted octanol–water partition coefficient (Wildman–Crippen LogP) is 1.34. The number of aromatic nitrogens is 2. The van der Waals surface area contributed by atoms with E-state index in [1.54, 1.807) is 5.10 Å². The lowest BCUT2D eigenvalue weighted by Gasteiger charge is -2.15. The lowest BCUT2D eigenvalue weighted by Crippen LogP contribution is -2.26. The Bertz CT molecular complexity index is 508. The van der Waals surface area contributed by atoms with Crippen LogP contribution in [-0.2, 0) is 11.0 Å². The van der Waals surface area contributed by atoms with Gasteiger partial charge in [0.1, 0.15) is 11.8 Å². The first-order chi connectivity index (χ1) is 8.36. The summed E-state index contributed by atoms with van der Waals surface area (Å²) in [6, 6.07) is -0.556. The predicted molar refractivity (Wildman–Crippen MR) is 58.1 cm³/mol. The van der Waals surface area contributed by atoms with Crippen LogP contribution in [0.2, 0.25) is 0 Å². The molecule has 2 N–H and O–H groups in total. The molecule has 0 unspecified atom stereocenters. The summed E-state index contributed by atoms with van der Waals surface area (Å²) in [4.78, 5) is 21.2. The minimum absolute atomic E-state index is 0.436. The summed E-state index contributed by atoms with van der Waals surface area (Å²) in [5.41, 5.74) is -3.10. The molecule has 1 aromatic heterocycles. The molecule has 1 atom stereocenters. The topological polar surface area (TPSA) is 74.8 Å². The van der Waals surface area contributed by atoms with Crippen molar-refractivity contribution in [1.29, 1.82) is 0 Å². The van der Waals surface area contributed by atoms with E-state index in [4.69, 9.17) is 0 Å². The number of nitrogens with one attached hydrogen (secondary N) is 2. The summed E-state index contributed by atoms with van der Waals surface area (Å²) < 4.78 is 37.9. The van der Waals surface area contributed by atoms with Crippen molar-refractivity contribution in [1.82, 2.24) is 10.2 Å². The van der Waals surface area contributed by atoms with Crippen LogP contribution < -0.4 is 10.9 Å². The number of nitrogens with zero attached hydrogens (tertiary/aromatic N) is 1. The molecule has 0 aliphatic carbocycles. The Morgan fingerprint density at radius 3 is 2.72 bits per heavy atom. The van der Waals surface area contributed by atoms with Gasteiger partial charge in [0.2, 0.25) is 0 Å². The molecule has 98 valence electrons. The van der Waals surface area contributed by atoms with E-state index >= 15 is 0 Å². The highest BCUT2D eigenvalue weighted by Crippen LogP contribution is 2.31. The summed E-state index contributed by atoms with van der Waals surface area (Å²) in [6.45, 7) is 1.53. The van der Waals surface area contributed by atoms with Gasteiger partial charge in [-0.05, 0) is 13.0 Å². The molecule has 0 saturated carbocycles. The van der Waals surface area contributed by atoms with Crippen LogP contribution in [0.3, 0.4) is 0 Å². The average molecular weight is 261 g/mol. The van der Waals surface area contributed by atoms with Crippen LogP contribution >= 0.6 is 0 Å². The van der Waals surface area contributed by atoms with Crippen molar-refractivity contribution in [2.45, 2.75) is 19.1 Å². The molecule has 0 aliphatic heterocycles. The van der Waals surface area contributed by atoms with E-state index in [0.29, 0.717) is 6.29 Å². The molecule has 0 spiro atoms. The van der Waals surface area contributed by atoms with Gasteiger partial charge in [-0.15, -0.1) is 0 Å². The number of aromatic amines is 1. The molecule has 1 aromatic rings. The van der Waals surface area contributed by atoms with Gasteiger partial charge in [-0.2, -0.15) is 18.3 Å². The second-order valence-electron chi connectivity index (χ2n) is 3.44. The molecule has 0 radical (unpaired) electrons. The molecule has 1 rings (SSSR count). The van der Waals surface area contributed by atoms with Crippen LogP contribution in [0.1, 0.15) is 12.5 Å². The lowest BCUT2D eigenvalue weighted by atomic mass is 10.2. The van der Waals surface area contributed by atoms with Crippen LogP contribution in [-0.4, -0.2) is 22.5 Å². The highest BCUT2D eigenvalue weighted by molar-refractivity contribution is 5.65. The standard InChI is InChI=1S/C10H10F3N3O2/c1-6(3-2-4-17)15-7-5-14-16-9(18)8(7)10(11,12)13/h2-6H,1H3,(H2,15,16,18)/b3-2+/t6-/m0/s1. The third-order valence-electron chi connectivity index (χ3n) is 2.00. The maximum atomic E-state index is 12.6. The Balaban J connectivity index is 3.10. The van der Waals surface area contributed by atoms with Crippen LogP contribution in [0, 0.1) is 0 Å². The number of carbonyl (C=O) groups is 1. The van der Waals surface area contributed by atoms with Gasteiger partial charge in [-0.1, -0.05) is 6.08 Å². The van der Waals surface area contributed by atoms with E-state index in [2.05, 4.69) is 10.4 Å². The number of hydrogen-bond donors (Lipinski definition) is 2. The van der Waals surface area contributed by atoms with Crippen molar-refractivity contribution in [3.8, 4) is 0 Å². The fourth-order valence-electron chi connectivity index (χ4n) is 1.29. The van der Waals surface area contributed by atoms with Crippen molar-refractivity contribution in [2.24, 2.45) is 0 Å². The maximum absolute atomic E-state index is 12.6. The van der Waals surface area contributed by atoms with Crippen LogP contribution in [0.5, 0.6) is 0 Å². The molecule has 0 fully saturated rings. The number of halogens is 3. The van der Waals surface area contributed by atoms with Gasteiger partial charge in [0.05, 0.1) is 11.9 Å².